The largest absolute Gasteiger partial charge is 0.493 e. The van der Waals surface area contributed by atoms with Crippen LogP contribution in [0.25, 0.3) is 0 Å². The molecule has 0 radical (unpaired) electrons. The Morgan fingerprint density at radius 3 is 2.71 bits per heavy atom. The molecule has 0 aliphatic rings. The van der Waals surface area contributed by atoms with Gasteiger partial charge in [0.15, 0.2) is 0 Å². The first-order valence-electron chi connectivity index (χ1n) is 5.64. The lowest BCUT2D eigenvalue weighted by Gasteiger charge is -2.11. The van der Waals surface area contributed by atoms with Gasteiger partial charge in [-0.1, -0.05) is 29.8 Å². The first kappa shape index (κ1) is 14.0. The topological polar surface area (TPSA) is 35.5 Å². The Hall–Kier alpha value is -1.03. The van der Waals surface area contributed by atoms with Crippen LogP contribution in [0.15, 0.2) is 22.7 Å². The molecule has 0 spiro atoms. The van der Waals surface area contributed by atoms with Crippen molar-refractivity contribution < 1.29 is 14.3 Å². The Morgan fingerprint density at radius 1 is 1.41 bits per heavy atom. The zero-order valence-corrected chi connectivity index (χ0v) is 11.9. The van der Waals surface area contributed by atoms with E-state index in [1.165, 1.54) is 0 Å². The smallest absolute Gasteiger partial charge is 0.341 e. The quantitative estimate of drug-likeness (QED) is 0.779. The number of benzene rings is 1. The Labute approximate surface area is 110 Å². The van der Waals surface area contributed by atoms with Crippen molar-refractivity contribution in [1.29, 1.82) is 0 Å². The van der Waals surface area contributed by atoms with Crippen molar-refractivity contribution in [2.75, 3.05) is 13.2 Å². The average Bonchev–Trinajstić information content (AvgIpc) is 2.26. The lowest BCUT2D eigenvalue weighted by molar-refractivity contribution is 0.0454. The van der Waals surface area contributed by atoms with Gasteiger partial charge in [-0.3, -0.25) is 0 Å². The third-order valence-corrected chi connectivity index (χ3v) is 2.50. The van der Waals surface area contributed by atoms with Crippen LogP contribution < -0.4 is 4.74 Å². The van der Waals surface area contributed by atoms with Crippen LogP contribution in [-0.2, 0) is 4.74 Å². The van der Waals surface area contributed by atoms with Crippen LogP contribution in [-0.4, -0.2) is 19.2 Å². The van der Waals surface area contributed by atoms with E-state index in [1.807, 2.05) is 20.8 Å². The second-order valence-corrected chi connectivity index (χ2v) is 4.98. The lowest BCUT2D eigenvalue weighted by Crippen LogP contribution is -2.11. The molecule has 0 atom stereocenters. The summed E-state index contributed by atoms with van der Waals surface area (Å²) >= 11 is 3.35. The first-order valence-corrected chi connectivity index (χ1v) is 6.43. The summed E-state index contributed by atoms with van der Waals surface area (Å²) in [6, 6.07) is 5.28. The van der Waals surface area contributed by atoms with Crippen LogP contribution >= 0.6 is 15.9 Å². The van der Waals surface area contributed by atoms with Crippen molar-refractivity contribution in [2.24, 2.45) is 5.92 Å². The van der Waals surface area contributed by atoms with Crippen LogP contribution in [0.2, 0.25) is 0 Å². The van der Waals surface area contributed by atoms with E-state index in [-0.39, 0.29) is 5.97 Å². The number of halogens is 1. The third-order valence-electron chi connectivity index (χ3n) is 2.01. The van der Waals surface area contributed by atoms with E-state index in [2.05, 4.69) is 15.9 Å². The van der Waals surface area contributed by atoms with E-state index >= 15 is 0 Å². The number of rotatable bonds is 5. The monoisotopic (exact) mass is 300 g/mol. The van der Waals surface area contributed by atoms with E-state index < -0.39 is 0 Å². The van der Waals surface area contributed by atoms with Crippen molar-refractivity contribution in [1.82, 2.24) is 0 Å². The summed E-state index contributed by atoms with van der Waals surface area (Å²) in [5.74, 6) is 0.537. The molecule has 0 heterocycles. The maximum Gasteiger partial charge on any atom is 0.341 e. The molecule has 94 valence electrons. The molecule has 0 amide bonds. The van der Waals surface area contributed by atoms with Crippen molar-refractivity contribution in [3.8, 4) is 5.75 Å². The molecular formula is C13H17BrO3. The van der Waals surface area contributed by atoms with Crippen molar-refractivity contribution in [3.63, 3.8) is 0 Å². The Morgan fingerprint density at radius 2 is 2.12 bits per heavy atom. The Balaban J connectivity index is 2.84. The standard InChI is InChI=1S/C13H17BrO3/c1-4-16-12-7-10(14)5-6-11(12)13(15)17-8-9(2)3/h5-7,9H,4,8H2,1-3H3. The number of carbonyl (C=O) groups is 1. The summed E-state index contributed by atoms with van der Waals surface area (Å²) in [4.78, 5) is 11.8. The predicted molar refractivity (Wildman–Crippen MR) is 70.4 cm³/mol. The van der Waals surface area contributed by atoms with Crippen LogP contribution in [0.4, 0.5) is 0 Å². The van der Waals surface area contributed by atoms with Crippen molar-refractivity contribution >= 4 is 21.9 Å². The second kappa shape index (κ2) is 6.64. The van der Waals surface area contributed by atoms with E-state index in [0.29, 0.717) is 30.4 Å². The highest BCUT2D eigenvalue weighted by Gasteiger charge is 2.14. The van der Waals surface area contributed by atoms with Gasteiger partial charge < -0.3 is 9.47 Å². The van der Waals surface area contributed by atoms with Gasteiger partial charge in [-0.2, -0.15) is 0 Å². The molecule has 0 aliphatic heterocycles. The summed E-state index contributed by atoms with van der Waals surface area (Å²) in [6.07, 6.45) is 0. The number of hydrogen-bond acceptors (Lipinski definition) is 3. The third kappa shape index (κ3) is 4.38. The summed E-state index contributed by atoms with van der Waals surface area (Å²) in [7, 11) is 0. The molecule has 1 rings (SSSR count). The fourth-order valence-corrected chi connectivity index (χ4v) is 1.60. The van der Waals surface area contributed by atoms with Crippen molar-refractivity contribution in [3.05, 3.63) is 28.2 Å². The molecule has 0 aromatic heterocycles. The van der Waals surface area contributed by atoms with Crippen LogP contribution in [0.1, 0.15) is 31.1 Å². The molecule has 0 bridgehead atoms. The number of ether oxygens (including phenoxy) is 2. The van der Waals surface area contributed by atoms with Crippen LogP contribution in [0.5, 0.6) is 5.75 Å². The molecule has 17 heavy (non-hydrogen) atoms. The van der Waals surface area contributed by atoms with Crippen LogP contribution in [0.3, 0.4) is 0 Å². The molecular weight excluding hydrogens is 284 g/mol. The first-order chi connectivity index (χ1) is 8.04. The molecule has 0 unspecified atom stereocenters. The normalized spacial score (nSPS) is 10.4. The summed E-state index contributed by atoms with van der Waals surface area (Å²) < 4.78 is 11.5. The van der Waals surface area contributed by atoms with Gasteiger partial charge in [-0.05, 0) is 31.0 Å². The van der Waals surface area contributed by atoms with Crippen LogP contribution in [0, 0.1) is 5.92 Å². The van der Waals surface area contributed by atoms with E-state index in [0.717, 1.165) is 4.47 Å². The molecule has 0 saturated carbocycles. The molecule has 0 saturated heterocycles. The SMILES string of the molecule is CCOc1cc(Br)ccc1C(=O)OCC(C)C. The summed E-state index contributed by atoms with van der Waals surface area (Å²) in [5.41, 5.74) is 0.468. The van der Waals surface area contributed by atoms with E-state index in [4.69, 9.17) is 9.47 Å². The fourth-order valence-electron chi connectivity index (χ4n) is 1.26. The summed E-state index contributed by atoms with van der Waals surface area (Å²) in [5, 5.41) is 0. The fraction of sp³-hybridized carbons (Fsp3) is 0.462. The Kier molecular flexibility index (Phi) is 5.48. The van der Waals surface area contributed by atoms with Gasteiger partial charge in [0.05, 0.1) is 13.2 Å². The number of esters is 1. The minimum absolute atomic E-state index is 0.324. The predicted octanol–water partition coefficient (Wildman–Crippen LogP) is 3.66. The maximum absolute atomic E-state index is 11.8. The highest BCUT2D eigenvalue weighted by atomic mass is 79.9. The second-order valence-electron chi connectivity index (χ2n) is 4.07. The molecule has 1 aromatic carbocycles. The van der Waals surface area contributed by atoms with Crippen molar-refractivity contribution in [2.45, 2.75) is 20.8 Å². The lowest BCUT2D eigenvalue weighted by atomic mass is 10.2. The molecule has 0 fully saturated rings. The zero-order valence-electron chi connectivity index (χ0n) is 10.3. The average molecular weight is 301 g/mol. The summed E-state index contributed by atoms with van der Waals surface area (Å²) in [6.45, 7) is 6.81. The Bertz CT molecular complexity index is 388. The van der Waals surface area contributed by atoms with E-state index in [9.17, 15) is 4.79 Å². The minimum Gasteiger partial charge on any atom is -0.493 e. The maximum atomic E-state index is 11.8. The van der Waals surface area contributed by atoms with Gasteiger partial charge in [-0.25, -0.2) is 4.79 Å². The highest BCUT2D eigenvalue weighted by Crippen LogP contribution is 2.24. The van der Waals surface area contributed by atoms with Gasteiger partial charge in [0.2, 0.25) is 0 Å². The van der Waals surface area contributed by atoms with Gasteiger partial charge in [0, 0.05) is 4.47 Å². The minimum atomic E-state index is -0.338. The highest BCUT2D eigenvalue weighted by molar-refractivity contribution is 9.10. The van der Waals surface area contributed by atoms with Gasteiger partial charge in [0.1, 0.15) is 11.3 Å². The van der Waals surface area contributed by atoms with Gasteiger partial charge in [-0.15, -0.1) is 0 Å². The molecule has 4 heteroatoms. The van der Waals surface area contributed by atoms with Gasteiger partial charge >= 0.3 is 5.97 Å². The van der Waals surface area contributed by atoms with Gasteiger partial charge in [0.25, 0.3) is 0 Å². The number of carbonyl (C=O) groups excluding carboxylic acids is 1. The molecule has 1 aromatic rings. The molecule has 0 aliphatic carbocycles. The van der Waals surface area contributed by atoms with E-state index in [1.54, 1.807) is 18.2 Å². The molecule has 3 nitrogen and oxygen atoms in total. The zero-order chi connectivity index (χ0) is 12.8. The number of hydrogen-bond donors (Lipinski definition) is 0. The molecule has 0 N–H and O–H groups in total.